The van der Waals surface area contributed by atoms with E-state index in [0.717, 1.165) is 18.4 Å². The topological polar surface area (TPSA) is 106 Å². The molecule has 0 saturated carbocycles. The van der Waals surface area contributed by atoms with Crippen molar-refractivity contribution in [1.82, 2.24) is 0 Å². The monoisotopic (exact) mass is 344 g/mol. The van der Waals surface area contributed by atoms with E-state index in [2.05, 4.69) is 15.9 Å². The third-order valence-corrected chi connectivity index (χ3v) is 3.81. The number of carboxylic acid groups (broad SMARTS) is 1. The number of hydrogen-bond acceptors (Lipinski definition) is 4. The van der Waals surface area contributed by atoms with E-state index in [-0.39, 0.29) is 5.69 Å². The zero-order valence-electron chi connectivity index (χ0n) is 10.9. The molecule has 0 aliphatic carbocycles. The predicted molar refractivity (Wildman–Crippen MR) is 78.5 cm³/mol. The minimum atomic E-state index is -0.854. The molecule has 0 heterocycles. The van der Waals surface area contributed by atoms with E-state index < -0.39 is 16.8 Å². The van der Waals surface area contributed by atoms with Gasteiger partial charge in [-0.25, -0.2) is 0 Å². The number of halogens is 1. The van der Waals surface area contributed by atoms with Crippen LogP contribution in [0.2, 0.25) is 0 Å². The van der Waals surface area contributed by atoms with Crippen LogP contribution in [0.25, 0.3) is 0 Å². The SMILES string of the molecule is NCCCCC(Cc1ccc([N+](=O)[O-])cc1Br)C(=O)O. The molecular formula is C13H17BrN2O4. The summed E-state index contributed by atoms with van der Waals surface area (Å²) in [5, 5.41) is 19.9. The van der Waals surface area contributed by atoms with Gasteiger partial charge in [0, 0.05) is 16.6 Å². The van der Waals surface area contributed by atoms with Crippen molar-refractivity contribution in [2.75, 3.05) is 6.54 Å². The summed E-state index contributed by atoms with van der Waals surface area (Å²) in [5.41, 5.74) is 6.14. The average Bonchev–Trinajstić information content (AvgIpc) is 2.39. The van der Waals surface area contributed by atoms with Gasteiger partial charge in [-0.3, -0.25) is 14.9 Å². The Kier molecular flexibility index (Phi) is 6.60. The van der Waals surface area contributed by atoms with Gasteiger partial charge in [0.1, 0.15) is 0 Å². The van der Waals surface area contributed by atoms with Gasteiger partial charge in [0.15, 0.2) is 0 Å². The van der Waals surface area contributed by atoms with Gasteiger partial charge in [-0.15, -0.1) is 0 Å². The molecule has 1 rings (SSSR count). The standard InChI is InChI=1S/C13H17BrN2O4/c14-12-8-11(16(19)20)5-4-9(12)7-10(13(17)18)3-1-2-6-15/h4-5,8,10H,1-3,6-7,15H2,(H,17,18). The number of nitro groups is 1. The minimum Gasteiger partial charge on any atom is -0.481 e. The fourth-order valence-corrected chi connectivity index (χ4v) is 2.46. The fourth-order valence-electron chi connectivity index (χ4n) is 1.93. The molecule has 0 aliphatic heterocycles. The molecular weight excluding hydrogens is 328 g/mol. The smallest absolute Gasteiger partial charge is 0.306 e. The number of carboxylic acids is 1. The van der Waals surface area contributed by atoms with E-state index in [1.807, 2.05) is 0 Å². The predicted octanol–water partition coefficient (Wildman–Crippen LogP) is 2.73. The molecule has 1 atom stereocenters. The van der Waals surface area contributed by atoms with Crippen molar-refractivity contribution in [1.29, 1.82) is 0 Å². The third kappa shape index (κ3) is 4.90. The number of aliphatic carboxylic acids is 1. The number of nitro benzene ring substituents is 1. The largest absolute Gasteiger partial charge is 0.481 e. The van der Waals surface area contributed by atoms with E-state index in [4.69, 9.17) is 5.73 Å². The third-order valence-electron chi connectivity index (χ3n) is 3.07. The van der Waals surface area contributed by atoms with Crippen LogP contribution in [-0.4, -0.2) is 22.5 Å². The summed E-state index contributed by atoms with van der Waals surface area (Å²) in [6.07, 6.45) is 2.46. The van der Waals surface area contributed by atoms with Crippen LogP contribution < -0.4 is 5.73 Å². The molecule has 1 aromatic carbocycles. The maximum absolute atomic E-state index is 11.2. The van der Waals surface area contributed by atoms with Crippen molar-refractivity contribution in [2.45, 2.75) is 25.7 Å². The lowest BCUT2D eigenvalue weighted by molar-refractivity contribution is -0.384. The lowest BCUT2D eigenvalue weighted by Crippen LogP contribution is -2.17. The molecule has 1 unspecified atom stereocenters. The van der Waals surface area contributed by atoms with Crippen LogP contribution in [-0.2, 0) is 11.2 Å². The average molecular weight is 345 g/mol. The van der Waals surface area contributed by atoms with Crippen molar-refractivity contribution >= 4 is 27.6 Å². The van der Waals surface area contributed by atoms with Crippen LogP contribution in [0, 0.1) is 16.0 Å². The van der Waals surface area contributed by atoms with Crippen LogP contribution >= 0.6 is 15.9 Å². The Labute approximate surface area is 125 Å². The van der Waals surface area contributed by atoms with Crippen LogP contribution in [0.15, 0.2) is 22.7 Å². The number of benzene rings is 1. The first kappa shape index (κ1) is 16.6. The van der Waals surface area contributed by atoms with Crippen molar-refractivity contribution in [3.05, 3.63) is 38.3 Å². The second-order valence-electron chi connectivity index (χ2n) is 4.56. The van der Waals surface area contributed by atoms with Crippen molar-refractivity contribution in [2.24, 2.45) is 11.7 Å². The number of rotatable bonds is 8. The summed E-state index contributed by atoms with van der Waals surface area (Å²) >= 11 is 3.26. The molecule has 1 aromatic rings. The zero-order chi connectivity index (χ0) is 15.1. The van der Waals surface area contributed by atoms with Crippen LogP contribution in [0.3, 0.4) is 0 Å². The first-order valence-corrected chi connectivity index (χ1v) is 7.10. The van der Waals surface area contributed by atoms with E-state index in [1.165, 1.54) is 12.1 Å². The lowest BCUT2D eigenvalue weighted by atomic mass is 9.94. The summed E-state index contributed by atoms with van der Waals surface area (Å²) in [7, 11) is 0. The van der Waals surface area contributed by atoms with Gasteiger partial charge in [0.25, 0.3) is 5.69 Å². The zero-order valence-corrected chi connectivity index (χ0v) is 12.5. The summed E-state index contributed by atoms with van der Waals surface area (Å²) in [4.78, 5) is 21.4. The number of nitrogens with zero attached hydrogens (tertiary/aromatic N) is 1. The maximum atomic E-state index is 11.2. The number of non-ortho nitro benzene ring substituents is 1. The highest BCUT2D eigenvalue weighted by atomic mass is 79.9. The molecule has 0 radical (unpaired) electrons. The molecule has 0 aromatic heterocycles. The Balaban J connectivity index is 2.78. The van der Waals surface area contributed by atoms with E-state index in [9.17, 15) is 20.0 Å². The summed E-state index contributed by atoms with van der Waals surface area (Å²) in [5.74, 6) is -1.36. The van der Waals surface area contributed by atoms with Gasteiger partial charge in [-0.2, -0.15) is 0 Å². The number of carbonyl (C=O) groups is 1. The summed E-state index contributed by atoms with van der Waals surface area (Å²) < 4.78 is 0.566. The second kappa shape index (κ2) is 7.96. The Bertz CT molecular complexity index is 493. The Morgan fingerprint density at radius 2 is 2.15 bits per heavy atom. The molecule has 0 bridgehead atoms. The Hall–Kier alpha value is -1.47. The van der Waals surface area contributed by atoms with Gasteiger partial charge < -0.3 is 10.8 Å². The van der Waals surface area contributed by atoms with Crippen molar-refractivity contribution in [3.63, 3.8) is 0 Å². The highest BCUT2D eigenvalue weighted by Crippen LogP contribution is 2.26. The molecule has 6 nitrogen and oxygen atoms in total. The van der Waals surface area contributed by atoms with Crippen LogP contribution in [0.1, 0.15) is 24.8 Å². The van der Waals surface area contributed by atoms with Crippen LogP contribution in [0.4, 0.5) is 5.69 Å². The molecule has 7 heteroatoms. The number of hydrogen-bond donors (Lipinski definition) is 2. The lowest BCUT2D eigenvalue weighted by Gasteiger charge is -2.13. The Morgan fingerprint density at radius 3 is 2.65 bits per heavy atom. The van der Waals surface area contributed by atoms with Gasteiger partial charge >= 0.3 is 5.97 Å². The second-order valence-corrected chi connectivity index (χ2v) is 5.41. The highest BCUT2D eigenvalue weighted by Gasteiger charge is 2.19. The summed E-state index contributed by atoms with van der Waals surface area (Å²) in [6.45, 7) is 0.549. The molecule has 3 N–H and O–H groups in total. The van der Waals surface area contributed by atoms with Crippen molar-refractivity contribution < 1.29 is 14.8 Å². The normalized spacial score (nSPS) is 12.1. The molecule has 0 aliphatic rings. The molecule has 110 valence electrons. The quantitative estimate of drug-likeness (QED) is 0.428. The molecule has 20 heavy (non-hydrogen) atoms. The van der Waals surface area contributed by atoms with Crippen LogP contribution in [0.5, 0.6) is 0 Å². The molecule has 0 amide bonds. The minimum absolute atomic E-state index is 0.0179. The van der Waals surface area contributed by atoms with E-state index in [1.54, 1.807) is 6.07 Å². The maximum Gasteiger partial charge on any atom is 0.306 e. The molecule has 0 spiro atoms. The molecule has 0 fully saturated rings. The molecule has 0 saturated heterocycles. The Morgan fingerprint density at radius 1 is 1.45 bits per heavy atom. The number of nitrogens with two attached hydrogens (primary N) is 1. The van der Waals surface area contributed by atoms with Gasteiger partial charge in [-0.05, 0) is 31.4 Å². The van der Waals surface area contributed by atoms with Crippen molar-refractivity contribution in [3.8, 4) is 0 Å². The van der Waals surface area contributed by atoms with Gasteiger partial charge in [0.05, 0.1) is 10.8 Å². The first-order chi connectivity index (χ1) is 9.45. The van der Waals surface area contributed by atoms with Gasteiger partial charge in [0.2, 0.25) is 0 Å². The van der Waals surface area contributed by atoms with E-state index >= 15 is 0 Å². The summed E-state index contributed by atoms with van der Waals surface area (Å²) in [6, 6.07) is 4.38. The van der Waals surface area contributed by atoms with Gasteiger partial charge in [-0.1, -0.05) is 28.4 Å². The fraction of sp³-hybridized carbons (Fsp3) is 0.462. The first-order valence-electron chi connectivity index (χ1n) is 6.31. The highest BCUT2D eigenvalue weighted by molar-refractivity contribution is 9.10. The number of unbranched alkanes of at least 4 members (excludes halogenated alkanes) is 1. The van der Waals surface area contributed by atoms with E-state index in [0.29, 0.717) is 23.9 Å².